The van der Waals surface area contributed by atoms with Crippen LogP contribution in [0, 0.1) is 18.6 Å². The van der Waals surface area contributed by atoms with Crippen molar-refractivity contribution in [3.05, 3.63) is 41.6 Å². The van der Waals surface area contributed by atoms with Gasteiger partial charge < -0.3 is 15.5 Å². The molecule has 0 bridgehead atoms. The second kappa shape index (κ2) is 9.76. The van der Waals surface area contributed by atoms with Gasteiger partial charge >= 0.3 is 0 Å². The molecule has 0 spiro atoms. The summed E-state index contributed by atoms with van der Waals surface area (Å²) in [5.74, 6) is -2.51. The van der Waals surface area contributed by atoms with E-state index in [2.05, 4.69) is 20.6 Å². The van der Waals surface area contributed by atoms with Gasteiger partial charge in [-0.3, -0.25) is 4.79 Å². The van der Waals surface area contributed by atoms with Crippen molar-refractivity contribution in [2.75, 3.05) is 30.1 Å². The van der Waals surface area contributed by atoms with Gasteiger partial charge in [0, 0.05) is 37.9 Å². The van der Waals surface area contributed by atoms with E-state index in [4.69, 9.17) is 0 Å². The molecule has 1 saturated carbocycles. The Balaban J connectivity index is 1.51. The molecular formula is C21H27F2N5O3S. The Morgan fingerprint density at radius 1 is 1.12 bits per heavy atom. The average molecular weight is 468 g/mol. The second-order valence-electron chi connectivity index (χ2n) is 8.19. The molecule has 2 aromatic rings. The van der Waals surface area contributed by atoms with Crippen molar-refractivity contribution in [3.63, 3.8) is 0 Å². The lowest BCUT2D eigenvalue weighted by Gasteiger charge is -2.30. The molecule has 8 nitrogen and oxygen atoms in total. The number of nitrogens with one attached hydrogen (secondary N) is 2. The van der Waals surface area contributed by atoms with E-state index in [9.17, 15) is 22.0 Å². The Morgan fingerprint density at radius 3 is 2.41 bits per heavy atom. The van der Waals surface area contributed by atoms with Crippen molar-refractivity contribution >= 4 is 27.5 Å². The number of anilines is 2. The number of sulfone groups is 1. The lowest BCUT2D eigenvalue weighted by molar-refractivity contribution is -0.119. The van der Waals surface area contributed by atoms with Crippen LogP contribution in [0.5, 0.6) is 0 Å². The molecule has 1 amide bonds. The predicted octanol–water partition coefficient (Wildman–Crippen LogP) is 2.44. The smallest absolute Gasteiger partial charge is 0.235 e. The molecule has 1 aliphatic rings. The third-order valence-corrected chi connectivity index (χ3v) is 6.98. The zero-order valence-electron chi connectivity index (χ0n) is 18.2. The van der Waals surface area contributed by atoms with Gasteiger partial charge in [-0.15, -0.1) is 0 Å². The molecule has 0 atom stereocenters. The van der Waals surface area contributed by atoms with Crippen LogP contribution >= 0.6 is 0 Å². The first-order valence-corrected chi connectivity index (χ1v) is 11.9. The molecule has 0 radical (unpaired) electrons. The summed E-state index contributed by atoms with van der Waals surface area (Å²) < 4.78 is 51.0. The van der Waals surface area contributed by atoms with Gasteiger partial charge in [-0.25, -0.2) is 22.2 Å². The third kappa shape index (κ3) is 5.90. The predicted molar refractivity (Wildman–Crippen MR) is 117 cm³/mol. The van der Waals surface area contributed by atoms with Crippen molar-refractivity contribution in [2.24, 2.45) is 0 Å². The van der Waals surface area contributed by atoms with Crippen LogP contribution in [0.1, 0.15) is 31.2 Å². The molecular weight excluding hydrogens is 440 g/mol. The van der Waals surface area contributed by atoms with Crippen LogP contribution in [0.3, 0.4) is 0 Å². The van der Waals surface area contributed by atoms with Gasteiger partial charge in [0.1, 0.15) is 11.6 Å². The lowest BCUT2D eigenvalue weighted by atomic mass is 9.91. The SMILES string of the molecule is Cc1cnc(NC2CCC(NC(=O)CS(=O)(=O)c3ccc(F)c(F)c3)CC2)nc1N(C)C. The molecule has 0 unspecified atom stereocenters. The van der Waals surface area contributed by atoms with E-state index < -0.39 is 38.0 Å². The van der Waals surface area contributed by atoms with E-state index in [1.807, 2.05) is 25.9 Å². The highest BCUT2D eigenvalue weighted by Crippen LogP contribution is 2.23. The molecule has 2 N–H and O–H groups in total. The maximum absolute atomic E-state index is 13.3. The number of aryl methyl sites for hydroxylation is 1. The quantitative estimate of drug-likeness (QED) is 0.603. The van der Waals surface area contributed by atoms with Gasteiger partial charge in [0.05, 0.1) is 4.90 Å². The largest absolute Gasteiger partial charge is 0.362 e. The highest BCUT2D eigenvalue weighted by molar-refractivity contribution is 7.92. The first-order chi connectivity index (χ1) is 15.0. The van der Waals surface area contributed by atoms with E-state index in [0.717, 1.165) is 36.4 Å². The Hall–Kier alpha value is -2.82. The van der Waals surface area contributed by atoms with Gasteiger partial charge in [0.15, 0.2) is 21.5 Å². The molecule has 1 heterocycles. The Morgan fingerprint density at radius 2 is 1.78 bits per heavy atom. The zero-order valence-corrected chi connectivity index (χ0v) is 19.0. The minimum absolute atomic E-state index is 0.145. The van der Waals surface area contributed by atoms with Crippen LogP contribution in [-0.2, 0) is 14.6 Å². The minimum Gasteiger partial charge on any atom is -0.362 e. The summed E-state index contributed by atoms with van der Waals surface area (Å²) in [4.78, 5) is 22.6. The topological polar surface area (TPSA) is 104 Å². The summed E-state index contributed by atoms with van der Waals surface area (Å²) in [6, 6.07) is 2.26. The highest BCUT2D eigenvalue weighted by Gasteiger charge is 2.26. The molecule has 11 heteroatoms. The van der Waals surface area contributed by atoms with Gasteiger partial charge in [-0.1, -0.05) is 0 Å². The molecule has 1 aromatic carbocycles. The molecule has 1 fully saturated rings. The number of hydrogen-bond donors (Lipinski definition) is 2. The fourth-order valence-corrected chi connectivity index (χ4v) is 4.87. The van der Waals surface area contributed by atoms with Crippen LogP contribution in [0.25, 0.3) is 0 Å². The summed E-state index contributed by atoms with van der Waals surface area (Å²) in [6.45, 7) is 1.94. The van der Waals surface area contributed by atoms with Crippen LogP contribution in [0.15, 0.2) is 29.3 Å². The van der Waals surface area contributed by atoms with Crippen LogP contribution in [-0.4, -0.2) is 56.2 Å². The first-order valence-electron chi connectivity index (χ1n) is 10.3. The highest BCUT2D eigenvalue weighted by atomic mass is 32.2. The number of carbonyl (C=O) groups is 1. The van der Waals surface area contributed by atoms with Crippen LogP contribution in [0.4, 0.5) is 20.5 Å². The fourth-order valence-electron chi connectivity index (χ4n) is 3.72. The summed E-state index contributed by atoms with van der Waals surface area (Å²) in [7, 11) is -0.234. The van der Waals surface area contributed by atoms with Gasteiger partial charge in [-0.2, -0.15) is 4.98 Å². The first kappa shape index (κ1) is 23.8. The Labute approximate surface area is 186 Å². The maximum Gasteiger partial charge on any atom is 0.235 e. The van der Waals surface area contributed by atoms with Crippen molar-refractivity contribution < 1.29 is 22.0 Å². The minimum atomic E-state index is -4.07. The number of nitrogens with zero attached hydrogens (tertiary/aromatic N) is 3. The van der Waals surface area contributed by atoms with E-state index >= 15 is 0 Å². The van der Waals surface area contributed by atoms with Crippen molar-refractivity contribution in [2.45, 2.75) is 49.6 Å². The monoisotopic (exact) mass is 467 g/mol. The summed E-state index contributed by atoms with van der Waals surface area (Å²) in [5.41, 5.74) is 0.977. The number of carbonyl (C=O) groups excluding carboxylic acids is 1. The number of halogens is 2. The molecule has 32 heavy (non-hydrogen) atoms. The normalized spacial score (nSPS) is 18.8. The van der Waals surface area contributed by atoms with E-state index in [-0.39, 0.29) is 12.1 Å². The number of amides is 1. The van der Waals surface area contributed by atoms with Gasteiger partial charge in [0.25, 0.3) is 0 Å². The summed E-state index contributed by atoms with van der Waals surface area (Å²) >= 11 is 0. The lowest BCUT2D eigenvalue weighted by Crippen LogP contribution is -2.42. The van der Waals surface area contributed by atoms with Crippen molar-refractivity contribution in [3.8, 4) is 0 Å². The van der Waals surface area contributed by atoms with Crippen LogP contribution < -0.4 is 15.5 Å². The third-order valence-electron chi connectivity index (χ3n) is 5.37. The number of benzene rings is 1. The number of hydrogen-bond acceptors (Lipinski definition) is 7. The molecule has 1 aromatic heterocycles. The number of rotatable bonds is 7. The standard InChI is InChI=1S/C21H27F2N5O3S/c1-13-11-24-21(27-20(13)28(2)3)26-15-6-4-14(5-7-15)25-19(29)12-32(30,31)16-8-9-17(22)18(23)10-16/h8-11,14-15H,4-7,12H2,1-3H3,(H,25,29)(H,24,26,27). The molecule has 3 rings (SSSR count). The molecule has 0 saturated heterocycles. The fraction of sp³-hybridized carbons (Fsp3) is 0.476. The summed E-state index contributed by atoms with van der Waals surface area (Å²) in [5, 5.41) is 6.06. The Bertz CT molecular complexity index is 1090. The van der Waals surface area contributed by atoms with Crippen LogP contribution in [0.2, 0.25) is 0 Å². The molecule has 174 valence electrons. The van der Waals surface area contributed by atoms with Crippen molar-refractivity contribution in [1.82, 2.24) is 15.3 Å². The van der Waals surface area contributed by atoms with Crippen molar-refractivity contribution in [1.29, 1.82) is 0 Å². The van der Waals surface area contributed by atoms with E-state index in [0.29, 0.717) is 24.9 Å². The van der Waals surface area contributed by atoms with E-state index in [1.54, 1.807) is 6.20 Å². The molecule has 0 aliphatic heterocycles. The van der Waals surface area contributed by atoms with Gasteiger partial charge in [0.2, 0.25) is 11.9 Å². The average Bonchev–Trinajstić information content (AvgIpc) is 2.72. The van der Waals surface area contributed by atoms with Gasteiger partial charge in [-0.05, 0) is 50.8 Å². The Kier molecular flexibility index (Phi) is 7.27. The second-order valence-corrected chi connectivity index (χ2v) is 10.2. The van der Waals surface area contributed by atoms with E-state index in [1.165, 1.54) is 0 Å². The maximum atomic E-state index is 13.3. The molecule has 1 aliphatic carbocycles. The summed E-state index contributed by atoms with van der Waals surface area (Å²) in [6.07, 6.45) is 4.62. The zero-order chi connectivity index (χ0) is 23.5. The number of aromatic nitrogens is 2.